The molecule has 0 saturated heterocycles. The molecule has 0 aromatic carbocycles. The molecule has 0 unspecified atom stereocenters. The van der Waals surface area contributed by atoms with Crippen LogP contribution in [0, 0.1) is 5.21 Å². The summed E-state index contributed by atoms with van der Waals surface area (Å²) < 4.78 is 27.1. The van der Waals surface area contributed by atoms with E-state index in [-0.39, 0.29) is 15.3 Å². The average molecular weight is 278 g/mol. The number of methoxy groups -OCH3 is 1. The molecule has 7 nitrogen and oxygen atoms in total. The Bertz CT molecular complexity index is 555. The molecular weight excluding hydrogens is 268 g/mol. The summed E-state index contributed by atoms with van der Waals surface area (Å²) in [7, 11) is -3.24. The van der Waals surface area contributed by atoms with Gasteiger partial charge in [-0.1, -0.05) is 11.8 Å². The molecule has 0 saturated carbocycles. The lowest BCUT2D eigenvalue weighted by molar-refractivity contribution is -0.685. The zero-order chi connectivity index (χ0) is 13.2. The number of aromatic nitrogens is 1. The number of nitrogens with two attached hydrogens (primary N) is 1. The topological polar surface area (TPSA) is 113 Å². The number of carbonyl (C=O) groups excluding carboxylic acids is 1. The van der Waals surface area contributed by atoms with Gasteiger partial charge in [0, 0.05) is 6.07 Å². The number of thioether (sulfide) groups is 1. The van der Waals surface area contributed by atoms with Gasteiger partial charge in [-0.25, -0.2) is 18.4 Å². The van der Waals surface area contributed by atoms with Gasteiger partial charge in [-0.15, -0.1) is 4.73 Å². The Morgan fingerprint density at radius 2 is 2.12 bits per heavy atom. The van der Waals surface area contributed by atoms with Crippen molar-refractivity contribution in [3.05, 3.63) is 22.9 Å². The first-order valence-electron chi connectivity index (χ1n) is 4.24. The first kappa shape index (κ1) is 13.7. The summed E-state index contributed by atoms with van der Waals surface area (Å²) in [6.45, 7) is 0. The molecule has 0 fully saturated rings. The van der Waals surface area contributed by atoms with Crippen LogP contribution in [-0.4, -0.2) is 27.8 Å². The molecule has 0 spiro atoms. The first-order valence-corrected chi connectivity index (χ1v) is 7.01. The fraction of sp³-hybridized carbons (Fsp3) is 0.250. The van der Waals surface area contributed by atoms with Crippen molar-refractivity contribution in [2.75, 3.05) is 13.4 Å². The van der Waals surface area contributed by atoms with Crippen LogP contribution >= 0.6 is 11.8 Å². The van der Waals surface area contributed by atoms with Gasteiger partial charge in [0.1, 0.15) is 5.56 Å². The predicted molar refractivity (Wildman–Crippen MR) is 59.9 cm³/mol. The highest BCUT2D eigenvalue weighted by Gasteiger charge is 2.31. The van der Waals surface area contributed by atoms with Gasteiger partial charge in [0.05, 0.1) is 7.11 Å². The van der Waals surface area contributed by atoms with E-state index in [0.29, 0.717) is 0 Å². The van der Waals surface area contributed by atoms with E-state index in [2.05, 4.69) is 4.74 Å². The molecule has 1 heterocycles. The minimum Gasteiger partial charge on any atom is -0.617 e. The fourth-order valence-electron chi connectivity index (χ4n) is 1.19. The second-order valence-corrected chi connectivity index (χ2v) is 5.23. The minimum atomic E-state index is -4.32. The number of pyridine rings is 1. The molecule has 0 aliphatic carbocycles. The van der Waals surface area contributed by atoms with E-state index in [1.54, 1.807) is 6.26 Å². The van der Waals surface area contributed by atoms with Crippen molar-refractivity contribution in [2.24, 2.45) is 5.14 Å². The Morgan fingerprint density at radius 3 is 2.53 bits per heavy atom. The molecule has 94 valence electrons. The number of carbonyl (C=O) groups is 1. The zero-order valence-electron chi connectivity index (χ0n) is 9.04. The molecule has 0 aliphatic heterocycles. The van der Waals surface area contributed by atoms with Crippen LogP contribution in [0.25, 0.3) is 0 Å². The van der Waals surface area contributed by atoms with Gasteiger partial charge in [0.15, 0.2) is 0 Å². The van der Waals surface area contributed by atoms with Gasteiger partial charge in [0.2, 0.25) is 0 Å². The van der Waals surface area contributed by atoms with E-state index < -0.39 is 21.0 Å². The van der Waals surface area contributed by atoms with E-state index in [4.69, 9.17) is 5.14 Å². The van der Waals surface area contributed by atoms with Crippen LogP contribution in [0.4, 0.5) is 0 Å². The van der Waals surface area contributed by atoms with Gasteiger partial charge in [-0.2, -0.15) is 0 Å². The van der Waals surface area contributed by atoms with Crippen LogP contribution < -0.4 is 9.87 Å². The molecule has 2 N–H and O–H groups in total. The summed E-state index contributed by atoms with van der Waals surface area (Å²) in [5, 5.41) is 15.9. The van der Waals surface area contributed by atoms with Gasteiger partial charge in [0.25, 0.3) is 5.03 Å². The zero-order valence-corrected chi connectivity index (χ0v) is 10.7. The van der Waals surface area contributed by atoms with Crippen LogP contribution in [0.5, 0.6) is 0 Å². The number of hydrogen-bond acceptors (Lipinski definition) is 6. The minimum absolute atomic E-state index is 0.103. The van der Waals surface area contributed by atoms with Crippen LogP contribution in [0.1, 0.15) is 10.4 Å². The largest absolute Gasteiger partial charge is 0.617 e. The highest BCUT2D eigenvalue weighted by molar-refractivity contribution is 7.98. The number of esters is 1. The Balaban J connectivity index is 3.65. The van der Waals surface area contributed by atoms with E-state index in [1.807, 2.05) is 0 Å². The van der Waals surface area contributed by atoms with Crippen molar-refractivity contribution in [3.63, 3.8) is 0 Å². The number of ether oxygens (including phenoxy) is 1. The summed E-state index contributed by atoms with van der Waals surface area (Å²) in [6.07, 6.45) is 1.59. The Morgan fingerprint density at radius 1 is 1.53 bits per heavy atom. The highest BCUT2D eigenvalue weighted by atomic mass is 32.2. The van der Waals surface area contributed by atoms with Crippen LogP contribution in [-0.2, 0) is 14.8 Å². The fourth-order valence-corrected chi connectivity index (χ4v) is 2.49. The number of rotatable bonds is 3. The van der Waals surface area contributed by atoms with Crippen molar-refractivity contribution < 1.29 is 22.7 Å². The maximum absolute atomic E-state index is 11.7. The average Bonchev–Trinajstić information content (AvgIpc) is 2.25. The lowest BCUT2D eigenvalue weighted by atomic mass is 10.3. The third-order valence-corrected chi connectivity index (χ3v) is 3.54. The lowest BCUT2D eigenvalue weighted by Gasteiger charge is -2.09. The maximum Gasteiger partial charge on any atom is 0.345 e. The van der Waals surface area contributed by atoms with Gasteiger partial charge in [-0.05, 0) is 12.3 Å². The molecule has 0 radical (unpaired) electrons. The summed E-state index contributed by atoms with van der Waals surface area (Å²) in [5.74, 6) is -0.939. The number of primary sulfonamides is 1. The molecule has 0 bridgehead atoms. The molecule has 17 heavy (non-hydrogen) atoms. The third-order valence-electron chi connectivity index (χ3n) is 1.89. The molecular formula is C8H10N2O5S2. The smallest absolute Gasteiger partial charge is 0.345 e. The monoisotopic (exact) mass is 278 g/mol. The molecule has 1 rings (SSSR count). The number of nitrogens with zero attached hydrogens (tertiary/aromatic N) is 1. The molecule has 0 aliphatic rings. The van der Waals surface area contributed by atoms with Crippen molar-refractivity contribution in [3.8, 4) is 0 Å². The van der Waals surface area contributed by atoms with Crippen molar-refractivity contribution in [1.29, 1.82) is 0 Å². The normalized spacial score (nSPS) is 11.2. The van der Waals surface area contributed by atoms with Crippen molar-refractivity contribution in [2.45, 2.75) is 10.1 Å². The molecule has 0 atom stereocenters. The number of sulfonamides is 1. The summed E-state index contributed by atoms with van der Waals surface area (Å²) in [5.41, 5.74) is -0.386. The van der Waals surface area contributed by atoms with Crippen molar-refractivity contribution in [1.82, 2.24) is 0 Å². The summed E-state index contributed by atoms with van der Waals surface area (Å²) in [6, 6.07) is 2.50. The lowest BCUT2D eigenvalue weighted by Crippen LogP contribution is -2.40. The van der Waals surface area contributed by atoms with Crippen molar-refractivity contribution >= 4 is 27.8 Å². The summed E-state index contributed by atoms with van der Waals surface area (Å²) >= 11 is 1.03. The Kier molecular flexibility index (Phi) is 3.96. The van der Waals surface area contributed by atoms with E-state index in [1.165, 1.54) is 12.1 Å². The van der Waals surface area contributed by atoms with Crippen LogP contribution in [0.3, 0.4) is 0 Å². The standard InChI is InChI=1S/C8H10N2O5S2/c1-15-8(11)5-3-4-6(16-2)10(12)7(5)17(9,13)14/h3-4H,1-2H3,(H2,9,13,14). The Hall–Kier alpha value is -1.32. The van der Waals surface area contributed by atoms with Gasteiger partial charge < -0.3 is 9.94 Å². The van der Waals surface area contributed by atoms with Crippen LogP contribution in [0.15, 0.2) is 22.2 Å². The maximum atomic E-state index is 11.7. The second-order valence-electron chi connectivity index (χ2n) is 2.93. The quantitative estimate of drug-likeness (QED) is 0.344. The van der Waals surface area contributed by atoms with E-state index >= 15 is 0 Å². The second kappa shape index (κ2) is 4.90. The molecule has 1 aromatic heterocycles. The highest BCUT2D eigenvalue weighted by Crippen LogP contribution is 2.16. The third kappa shape index (κ3) is 2.68. The van der Waals surface area contributed by atoms with E-state index in [0.717, 1.165) is 18.9 Å². The number of hydrogen-bond donors (Lipinski definition) is 1. The predicted octanol–water partition coefficient (Wildman–Crippen LogP) is -0.524. The van der Waals surface area contributed by atoms with Gasteiger partial charge in [-0.3, -0.25) is 0 Å². The SMILES string of the molecule is COC(=O)c1ccc(SC)[n+]([O-])c1S(N)(=O)=O. The van der Waals surface area contributed by atoms with Gasteiger partial charge >= 0.3 is 21.0 Å². The van der Waals surface area contributed by atoms with Crippen LogP contribution in [0.2, 0.25) is 0 Å². The molecule has 1 aromatic rings. The summed E-state index contributed by atoms with van der Waals surface area (Å²) in [4.78, 5) is 11.3. The Labute approximate surface area is 102 Å². The first-order chi connectivity index (χ1) is 7.82. The van der Waals surface area contributed by atoms with E-state index in [9.17, 15) is 18.4 Å². The molecule has 0 amide bonds. The molecule has 9 heteroatoms.